The van der Waals surface area contributed by atoms with Crippen molar-refractivity contribution in [1.29, 1.82) is 0 Å². The lowest BCUT2D eigenvalue weighted by atomic mass is 9.82. The quantitative estimate of drug-likeness (QED) is 0.754. The number of ether oxygens (including phenoxy) is 2. The van der Waals surface area contributed by atoms with Gasteiger partial charge in [0, 0.05) is 18.0 Å². The zero-order valence-corrected chi connectivity index (χ0v) is 15.5. The van der Waals surface area contributed by atoms with Crippen molar-refractivity contribution >= 4 is 6.02 Å². The van der Waals surface area contributed by atoms with Crippen LogP contribution in [0.3, 0.4) is 0 Å². The largest absolute Gasteiger partial charge is 0.496 e. The number of methoxy groups -OCH3 is 1. The van der Waals surface area contributed by atoms with Crippen LogP contribution in [0.2, 0.25) is 0 Å². The fourth-order valence-electron chi connectivity index (χ4n) is 3.47. The van der Waals surface area contributed by atoms with Gasteiger partial charge in [-0.2, -0.15) is 0 Å². The maximum atomic E-state index is 14.6. The van der Waals surface area contributed by atoms with E-state index in [4.69, 9.17) is 15.2 Å². The molecule has 1 aromatic heterocycles. The molecule has 0 radical (unpaired) electrons. The standard InChI is InChI=1S/C21H19FN4O2/c1-13-5-16(3-4-19(13)27-2)21(11-28-20(23)26-21)17-6-14(7-18(22)8-17)15-9-24-12-25-10-15/h3-10,12H,11H2,1-2H3,(H2,23,26). The van der Waals surface area contributed by atoms with Crippen molar-refractivity contribution in [3.05, 3.63) is 77.6 Å². The van der Waals surface area contributed by atoms with E-state index >= 15 is 0 Å². The first-order valence-corrected chi connectivity index (χ1v) is 8.71. The van der Waals surface area contributed by atoms with Gasteiger partial charge in [-0.1, -0.05) is 6.07 Å². The Kier molecular flexibility index (Phi) is 4.43. The van der Waals surface area contributed by atoms with Crippen LogP contribution in [0.1, 0.15) is 16.7 Å². The number of halogens is 1. The van der Waals surface area contributed by atoms with E-state index in [0.29, 0.717) is 16.7 Å². The first-order valence-electron chi connectivity index (χ1n) is 8.71. The van der Waals surface area contributed by atoms with Gasteiger partial charge in [0.1, 0.15) is 24.5 Å². The summed E-state index contributed by atoms with van der Waals surface area (Å²) in [5.41, 5.74) is 8.68. The van der Waals surface area contributed by atoms with Gasteiger partial charge in [-0.25, -0.2) is 19.4 Å². The number of aliphatic imine (C=N–C) groups is 1. The molecule has 1 aliphatic heterocycles. The molecule has 0 saturated carbocycles. The summed E-state index contributed by atoms with van der Waals surface area (Å²) in [5, 5.41) is 0. The first-order chi connectivity index (χ1) is 13.5. The number of aryl methyl sites for hydroxylation is 1. The number of rotatable bonds is 4. The van der Waals surface area contributed by atoms with E-state index in [9.17, 15) is 4.39 Å². The molecule has 2 heterocycles. The van der Waals surface area contributed by atoms with Crippen molar-refractivity contribution < 1.29 is 13.9 Å². The lowest BCUT2D eigenvalue weighted by molar-refractivity contribution is 0.278. The van der Waals surface area contributed by atoms with Gasteiger partial charge in [0.15, 0.2) is 5.54 Å². The predicted molar refractivity (Wildman–Crippen MR) is 104 cm³/mol. The van der Waals surface area contributed by atoms with Crippen LogP contribution in [0, 0.1) is 12.7 Å². The summed E-state index contributed by atoms with van der Waals surface area (Å²) in [6.45, 7) is 2.12. The molecule has 1 atom stereocenters. The second-order valence-corrected chi connectivity index (χ2v) is 6.64. The average molecular weight is 378 g/mol. The molecule has 3 aromatic rings. The number of aromatic nitrogens is 2. The second kappa shape index (κ2) is 6.92. The molecule has 1 unspecified atom stereocenters. The third kappa shape index (κ3) is 3.05. The minimum atomic E-state index is -0.951. The maximum absolute atomic E-state index is 14.6. The van der Waals surface area contributed by atoms with E-state index in [2.05, 4.69) is 15.0 Å². The topological polar surface area (TPSA) is 82.6 Å². The molecule has 0 bridgehead atoms. The Morgan fingerprint density at radius 2 is 1.86 bits per heavy atom. The van der Waals surface area contributed by atoms with Gasteiger partial charge in [0.05, 0.1) is 7.11 Å². The molecule has 2 N–H and O–H groups in total. The van der Waals surface area contributed by atoms with E-state index in [-0.39, 0.29) is 18.4 Å². The van der Waals surface area contributed by atoms with Crippen LogP contribution in [-0.4, -0.2) is 29.7 Å². The molecule has 4 rings (SSSR count). The molecule has 6 nitrogen and oxygen atoms in total. The van der Waals surface area contributed by atoms with Gasteiger partial charge in [-0.15, -0.1) is 0 Å². The second-order valence-electron chi connectivity index (χ2n) is 6.64. The zero-order valence-electron chi connectivity index (χ0n) is 15.5. The van der Waals surface area contributed by atoms with Gasteiger partial charge in [0.2, 0.25) is 0 Å². The Labute approximate surface area is 161 Å². The van der Waals surface area contributed by atoms with Crippen LogP contribution < -0.4 is 10.5 Å². The van der Waals surface area contributed by atoms with Crippen molar-refractivity contribution in [3.8, 4) is 16.9 Å². The third-order valence-electron chi connectivity index (χ3n) is 4.87. The highest BCUT2D eigenvalue weighted by atomic mass is 19.1. The number of nitrogens with two attached hydrogens (primary N) is 1. The van der Waals surface area contributed by atoms with E-state index in [1.165, 1.54) is 18.5 Å². The molecular formula is C21H19FN4O2. The normalized spacial score (nSPS) is 18.5. The molecular weight excluding hydrogens is 359 g/mol. The summed E-state index contributed by atoms with van der Waals surface area (Å²) < 4.78 is 25.4. The monoisotopic (exact) mass is 378 g/mol. The SMILES string of the molecule is COc1ccc(C2(c3cc(F)cc(-c4cncnc4)c3)COC(N)=N2)cc1C. The fraction of sp³-hybridized carbons (Fsp3) is 0.190. The van der Waals surface area contributed by atoms with Crippen LogP contribution in [0.15, 0.2) is 60.1 Å². The van der Waals surface area contributed by atoms with Crippen molar-refractivity contribution in [2.75, 3.05) is 13.7 Å². The summed E-state index contributed by atoms with van der Waals surface area (Å²) in [6.07, 6.45) is 4.71. The zero-order chi connectivity index (χ0) is 19.7. The van der Waals surface area contributed by atoms with Crippen LogP contribution in [-0.2, 0) is 10.3 Å². The maximum Gasteiger partial charge on any atom is 0.283 e. The van der Waals surface area contributed by atoms with E-state index in [1.807, 2.05) is 31.2 Å². The van der Waals surface area contributed by atoms with Crippen LogP contribution >= 0.6 is 0 Å². The molecule has 1 aliphatic rings. The third-order valence-corrected chi connectivity index (χ3v) is 4.87. The van der Waals surface area contributed by atoms with Crippen molar-refractivity contribution in [3.63, 3.8) is 0 Å². The van der Waals surface area contributed by atoms with Crippen LogP contribution in [0.25, 0.3) is 11.1 Å². The molecule has 2 aromatic carbocycles. The summed E-state index contributed by atoms with van der Waals surface area (Å²) in [4.78, 5) is 12.6. The highest BCUT2D eigenvalue weighted by Crippen LogP contribution is 2.40. The number of nitrogens with zero attached hydrogens (tertiary/aromatic N) is 3. The van der Waals surface area contributed by atoms with E-state index in [0.717, 1.165) is 16.9 Å². The molecule has 7 heteroatoms. The van der Waals surface area contributed by atoms with Gasteiger partial charge < -0.3 is 15.2 Å². The number of amidine groups is 1. The molecule has 28 heavy (non-hydrogen) atoms. The highest BCUT2D eigenvalue weighted by Gasteiger charge is 2.41. The Morgan fingerprint density at radius 3 is 2.50 bits per heavy atom. The van der Waals surface area contributed by atoms with Gasteiger partial charge in [-0.3, -0.25) is 0 Å². The molecule has 0 fully saturated rings. The van der Waals surface area contributed by atoms with Crippen molar-refractivity contribution in [2.45, 2.75) is 12.5 Å². The fourth-order valence-corrected chi connectivity index (χ4v) is 3.47. The van der Waals surface area contributed by atoms with E-state index < -0.39 is 5.54 Å². The molecule has 0 saturated heterocycles. The molecule has 0 aliphatic carbocycles. The summed E-state index contributed by atoms with van der Waals surface area (Å²) >= 11 is 0. The number of hydrogen-bond donors (Lipinski definition) is 1. The van der Waals surface area contributed by atoms with E-state index in [1.54, 1.807) is 19.5 Å². The Balaban J connectivity index is 1.90. The summed E-state index contributed by atoms with van der Waals surface area (Å²) in [5.74, 6) is 0.373. The summed E-state index contributed by atoms with van der Waals surface area (Å²) in [7, 11) is 1.62. The van der Waals surface area contributed by atoms with Crippen LogP contribution in [0.4, 0.5) is 4.39 Å². The van der Waals surface area contributed by atoms with Gasteiger partial charge >= 0.3 is 0 Å². The molecule has 0 spiro atoms. The Morgan fingerprint density at radius 1 is 1.07 bits per heavy atom. The minimum absolute atomic E-state index is 0.0716. The lowest BCUT2D eigenvalue weighted by Gasteiger charge is -2.26. The minimum Gasteiger partial charge on any atom is -0.496 e. The predicted octanol–water partition coefficient (Wildman–Crippen LogP) is 3.19. The molecule has 0 amide bonds. The van der Waals surface area contributed by atoms with Crippen LogP contribution in [0.5, 0.6) is 5.75 Å². The highest BCUT2D eigenvalue weighted by molar-refractivity contribution is 5.76. The number of benzene rings is 2. The Bertz CT molecular complexity index is 1060. The van der Waals surface area contributed by atoms with Crippen molar-refractivity contribution in [1.82, 2.24) is 9.97 Å². The summed E-state index contributed by atoms with van der Waals surface area (Å²) in [6, 6.07) is 10.6. The smallest absolute Gasteiger partial charge is 0.283 e. The van der Waals surface area contributed by atoms with Gasteiger partial charge in [-0.05, 0) is 59.5 Å². The van der Waals surface area contributed by atoms with Crippen molar-refractivity contribution in [2.24, 2.45) is 10.7 Å². The Hall–Kier alpha value is -3.48. The lowest BCUT2D eigenvalue weighted by Crippen LogP contribution is -2.27. The number of hydrogen-bond acceptors (Lipinski definition) is 6. The molecule has 142 valence electrons. The van der Waals surface area contributed by atoms with Gasteiger partial charge in [0.25, 0.3) is 6.02 Å². The first kappa shape index (κ1) is 17.9. The average Bonchev–Trinajstić information content (AvgIpc) is 3.11.